The molecule has 0 aromatic heterocycles. The zero-order chi connectivity index (χ0) is 28.6. The van der Waals surface area contributed by atoms with Crippen LogP contribution in [-0.4, -0.2) is 6.16 Å². The van der Waals surface area contributed by atoms with Gasteiger partial charge in [0.25, 0.3) is 0 Å². The molecule has 0 amide bonds. The van der Waals surface area contributed by atoms with Gasteiger partial charge in [-0.05, 0) is 67.8 Å². The van der Waals surface area contributed by atoms with Gasteiger partial charge in [-0.1, -0.05) is 146 Å². The molecule has 0 aliphatic rings. The van der Waals surface area contributed by atoms with Crippen LogP contribution in [0.5, 0.6) is 0 Å². The first-order valence-corrected chi connectivity index (χ1v) is 14.0. The van der Waals surface area contributed by atoms with Crippen LogP contribution in [0.1, 0.15) is 11.1 Å². The van der Waals surface area contributed by atoms with Gasteiger partial charge in [0.05, 0.1) is 0 Å². The first-order valence-electron chi connectivity index (χ1n) is 14.0. The van der Waals surface area contributed by atoms with E-state index in [1.807, 2.05) is 84.9 Å². The summed E-state index contributed by atoms with van der Waals surface area (Å²) in [7, 11) is 0. The number of hydrogen-bond acceptors (Lipinski definition) is 3. The molecule has 0 fully saturated rings. The molecule has 0 atom stereocenters. The topological polar surface area (TPSA) is 35.5 Å². The molecular formula is C39H30O3. The maximum Gasteiger partial charge on any atom is 0.508 e. The Hall–Kier alpha value is -5.41. The van der Waals surface area contributed by atoms with E-state index in [1.54, 1.807) is 0 Å². The molecule has 0 N–H and O–H groups in total. The summed E-state index contributed by atoms with van der Waals surface area (Å²) < 4.78 is 11.3. The van der Waals surface area contributed by atoms with Gasteiger partial charge >= 0.3 is 6.16 Å². The van der Waals surface area contributed by atoms with Crippen molar-refractivity contribution in [2.45, 2.75) is 13.2 Å². The summed E-state index contributed by atoms with van der Waals surface area (Å²) in [5.74, 6) is 0. The molecule has 42 heavy (non-hydrogen) atoms. The van der Waals surface area contributed by atoms with Crippen molar-refractivity contribution >= 4 is 6.16 Å². The standard InChI is InChI=1S/C39H30O3/c40-39(41-27-35-23-21-33(29-13-5-1-6-14-29)25-37(35)31-17-9-3-10-18-31)42-28-36-24-22-34(30-15-7-2-8-16-30)26-38(36)32-19-11-4-12-20-32/h1-26H,27-28H2. The van der Waals surface area contributed by atoms with Crippen molar-refractivity contribution in [2.24, 2.45) is 0 Å². The second kappa shape index (κ2) is 12.8. The number of carbonyl (C=O) groups is 1. The Morgan fingerprint density at radius 3 is 1.07 bits per heavy atom. The van der Waals surface area contributed by atoms with E-state index in [1.165, 1.54) is 0 Å². The van der Waals surface area contributed by atoms with Gasteiger partial charge < -0.3 is 9.47 Å². The average molecular weight is 547 g/mol. The highest BCUT2D eigenvalue weighted by Gasteiger charge is 2.14. The van der Waals surface area contributed by atoms with Crippen LogP contribution in [0.15, 0.2) is 158 Å². The van der Waals surface area contributed by atoms with E-state index in [9.17, 15) is 4.79 Å². The van der Waals surface area contributed by atoms with Gasteiger partial charge in [-0.2, -0.15) is 0 Å². The first-order chi connectivity index (χ1) is 20.7. The lowest BCUT2D eigenvalue weighted by Gasteiger charge is -2.15. The highest BCUT2D eigenvalue weighted by molar-refractivity contribution is 5.77. The van der Waals surface area contributed by atoms with Crippen molar-refractivity contribution in [1.29, 1.82) is 0 Å². The van der Waals surface area contributed by atoms with Gasteiger partial charge in [0.2, 0.25) is 0 Å². The molecule has 3 heteroatoms. The van der Waals surface area contributed by atoms with Crippen LogP contribution < -0.4 is 0 Å². The van der Waals surface area contributed by atoms with Gasteiger partial charge in [-0.15, -0.1) is 0 Å². The lowest BCUT2D eigenvalue weighted by Crippen LogP contribution is -2.08. The number of hydrogen-bond donors (Lipinski definition) is 0. The van der Waals surface area contributed by atoms with E-state index < -0.39 is 6.16 Å². The van der Waals surface area contributed by atoms with Crippen molar-refractivity contribution in [1.82, 2.24) is 0 Å². The zero-order valence-electron chi connectivity index (χ0n) is 23.2. The molecule has 0 saturated carbocycles. The molecule has 0 bridgehead atoms. The van der Waals surface area contributed by atoms with Crippen LogP contribution in [0, 0.1) is 0 Å². The number of ether oxygens (including phenoxy) is 2. The fourth-order valence-electron chi connectivity index (χ4n) is 5.11. The molecule has 0 spiro atoms. The molecule has 6 aromatic rings. The minimum Gasteiger partial charge on any atom is -0.429 e. The van der Waals surface area contributed by atoms with Crippen LogP contribution in [0.25, 0.3) is 44.5 Å². The van der Waals surface area contributed by atoms with Crippen molar-refractivity contribution in [3.05, 3.63) is 169 Å². The number of benzene rings is 6. The van der Waals surface area contributed by atoms with Crippen LogP contribution in [0.3, 0.4) is 0 Å². The van der Waals surface area contributed by atoms with E-state index in [0.29, 0.717) is 0 Å². The Morgan fingerprint density at radius 2 is 0.714 bits per heavy atom. The quantitative estimate of drug-likeness (QED) is 0.178. The van der Waals surface area contributed by atoms with Gasteiger partial charge in [-0.3, -0.25) is 0 Å². The lowest BCUT2D eigenvalue weighted by molar-refractivity contribution is 0.0448. The van der Waals surface area contributed by atoms with Crippen molar-refractivity contribution in [3.8, 4) is 44.5 Å². The normalized spacial score (nSPS) is 10.7. The fourth-order valence-corrected chi connectivity index (χ4v) is 5.11. The van der Waals surface area contributed by atoms with Crippen molar-refractivity contribution in [2.75, 3.05) is 0 Å². The second-order valence-electron chi connectivity index (χ2n) is 10.0. The molecule has 6 aromatic carbocycles. The summed E-state index contributed by atoms with van der Waals surface area (Å²) >= 11 is 0. The summed E-state index contributed by atoms with van der Waals surface area (Å²) in [6.07, 6.45) is -0.702. The smallest absolute Gasteiger partial charge is 0.429 e. The van der Waals surface area contributed by atoms with Gasteiger partial charge in [0, 0.05) is 0 Å². The Kier molecular flexibility index (Phi) is 8.19. The van der Waals surface area contributed by atoms with Crippen molar-refractivity contribution in [3.63, 3.8) is 0 Å². The summed E-state index contributed by atoms with van der Waals surface area (Å²) in [4.78, 5) is 12.8. The lowest BCUT2D eigenvalue weighted by atomic mass is 9.95. The fraction of sp³-hybridized carbons (Fsp3) is 0.0513. The van der Waals surface area contributed by atoms with E-state index >= 15 is 0 Å². The average Bonchev–Trinajstić information content (AvgIpc) is 3.08. The van der Waals surface area contributed by atoms with Gasteiger partial charge in [-0.25, -0.2) is 4.79 Å². The molecule has 0 aliphatic carbocycles. The Labute approximate surface area is 246 Å². The predicted molar refractivity (Wildman–Crippen MR) is 170 cm³/mol. The minimum atomic E-state index is -0.702. The van der Waals surface area contributed by atoms with Crippen LogP contribution in [-0.2, 0) is 22.7 Å². The van der Waals surface area contributed by atoms with E-state index in [2.05, 4.69) is 72.8 Å². The first kappa shape index (κ1) is 26.8. The van der Waals surface area contributed by atoms with Crippen LogP contribution >= 0.6 is 0 Å². The maximum atomic E-state index is 12.8. The number of rotatable bonds is 8. The Bertz CT molecular complexity index is 1630. The highest BCUT2D eigenvalue weighted by Crippen LogP contribution is 2.32. The van der Waals surface area contributed by atoms with Gasteiger partial charge in [0.1, 0.15) is 13.2 Å². The molecule has 204 valence electrons. The Morgan fingerprint density at radius 1 is 0.381 bits per heavy atom. The van der Waals surface area contributed by atoms with E-state index in [0.717, 1.165) is 55.6 Å². The largest absolute Gasteiger partial charge is 0.508 e. The second-order valence-corrected chi connectivity index (χ2v) is 10.0. The van der Waals surface area contributed by atoms with Crippen LogP contribution in [0.4, 0.5) is 4.79 Å². The number of carbonyl (C=O) groups excluding carboxylic acids is 1. The SMILES string of the molecule is O=C(OCc1ccc(-c2ccccc2)cc1-c1ccccc1)OCc1ccc(-c2ccccc2)cc1-c1ccccc1. The summed E-state index contributed by atoms with van der Waals surface area (Å²) in [5, 5.41) is 0. The molecule has 0 unspecified atom stereocenters. The summed E-state index contributed by atoms with van der Waals surface area (Å²) in [5.41, 5.74) is 10.5. The molecular weight excluding hydrogens is 516 g/mol. The third-order valence-electron chi connectivity index (χ3n) is 7.29. The summed E-state index contributed by atoms with van der Waals surface area (Å²) in [6, 6.07) is 53.3. The Balaban J connectivity index is 1.19. The van der Waals surface area contributed by atoms with Gasteiger partial charge in [0.15, 0.2) is 0 Å². The molecule has 0 aliphatic heterocycles. The zero-order valence-corrected chi connectivity index (χ0v) is 23.2. The predicted octanol–water partition coefficient (Wildman–Crippen LogP) is 10.2. The molecule has 0 radical (unpaired) electrons. The van der Waals surface area contributed by atoms with E-state index in [-0.39, 0.29) is 13.2 Å². The third kappa shape index (κ3) is 6.32. The molecule has 6 rings (SSSR count). The van der Waals surface area contributed by atoms with E-state index in [4.69, 9.17) is 9.47 Å². The van der Waals surface area contributed by atoms with Crippen LogP contribution in [0.2, 0.25) is 0 Å². The monoisotopic (exact) mass is 546 g/mol. The highest BCUT2D eigenvalue weighted by atomic mass is 16.7. The molecule has 0 saturated heterocycles. The summed E-state index contributed by atoms with van der Waals surface area (Å²) in [6.45, 7) is 0.216. The molecule has 0 heterocycles. The minimum absolute atomic E-state index is 0.108. The maximum absolute atomic E-state index is 12.8. The molecule has 3 nitrogen and oxygen atoms in total. The third-order valence-corrected chi connectivity index (χ3v) is 7.29. The van der Waals surface area contributed by atoms with Crippen molar-refractivity contribution < 1.29 is 14.3 Å².